The summed E-state index contributed by atoms with van der Waals surface area (Å²) < 4.78 is 0. The maximum atomic E-state index is 9.97. The highest BCUT2D eigenvalue weighted by Crippen LogP contribution is 2.23. The van der Waals surface area contributed by atoms with Crippen molar-refractivity contribution in [1.29, 1.82) is 0 Å². The summed E-state index contributed by atoms with van der Waals surface area (Å²) in [5.41, 5.74) is 1.90. The number of aryl methyl sites for hydroxylation is 1. The molecule has 1 aromatic rings. The van der Waals surface area contributed by atoms with Gasteiger partial charge in [-0.1, -0.05) is 6.92 Å². The summed E-state index contributed by atoms with van der Waals surface area (Å²) in [6, 6.07) is 0.217. The van der Waals surface area contributed by atoms with Gasteiger partial charge in [0.2, 0.25) is 0 Å². The van der Waals surface area contributed by atoms with Gasteiger partial charge < -0.3 is 15.5 Å². The highest BCUT2D eigenvalue weighted by atomic mass is 16.3. The van der Waals surface area contributed by atoms with Crippen LogP contribution in [0.3, 0.4) is 0 Å². The van der Waals surface area contributed by atoms with Crippen LogP contribution in [0.25, 0.3) is 0 Å². The van der Waals surface area contributed by atoms with Crippen LogP contribution in [-0.2, 0) is 13.2 Å². The van der Waals surface area contributed by atoms with Crippen LogP contribution in [0.4, 0.5) is 0 Å². The summed E-state index contributed by atoms with van der Waals surface area (Å²) >= 11 is 0. The number of aromatic nitrogens is 1. The van der Waals surface area contributed by atoms with Gasteiger partial charge in [-0.05, 0) is 13.3 Å². The summed E-state index contributed by atoms with van der Waals surface area (Å²) in [7, 11) is 0. The van der Waals surface area contributed by atoms with E-state index in [1.165, 1.54) is 0 Å². The molecule has 0 saturated heterocycles. The van der Waals surface area contributed by atoms with Gasteiger partial charge in [0.05, 0.1) is 12.3 Å². The van der Waals surface area contributed by atoms with E-state index in [0.29, 0.717) is 29.8 Å². The zero-order chi connectivity index (χ0) is 13.5. The average molecular weight is 248 g/mol. The first-order valence-electron chi connectivity index (χ1n) is 6.08. The molecular weight excluding hydrogens is 228 g/mol. The van der Waals surface area contributed by atoms with Crippen LogP contribution in [0.5, 0.6) is 5.75 Å². The highest BCUT2D eigenvalue weighted by Gasteiger charge is 2.12. The number of hydrogen-bond acceptors (Lipinski definition) is 4. The Hall–Kier alpha value is -1.57. The van der Waals surface area contributed by atoms with Crippen LogP contribution in [-0.4, -0.2) is 21.2 Å². The zero-order valence-corrected chi connectivity index (χ0v) is 10.9. The largest absolute Gasteiger partial charge is 0.506 e. The number of nitrogens with zero attached hydrogens (tertiary/aromatic N) is 1. The fourth-order valence-electron chi connectivity index (χ4n) is 1.77. The fraction of sp³-hybridized carbons (Fsp3) is 0.500. The number of hydrogen-bond donors (Lipinski definition) is 3. The van der Waals surface area contributed by atoms with Crippen molar-refractivity contribution in [3.8, 4) is 18.1 Å². The standard InChI is InChI=1S/C14H20N2O2/c1-4-6-12(5-2)16-8-13-11(9-17)7-15-10(3)14(13)18/h1,7,12,16-18H,5-6,8-9H2,2-3H3. The maximum Gasteiger partial charge on any atom is 0.141 e. The number of rotatable bonds is 6. The third-order valence-corrected chi connectivity index (χ3v) is 3.03. The second-order valence-electron chi connectivity index (χ2n) is 4.25. The first-order chi connectivity index (χ1) is 8.63. The van der Waals surface area contributed by atoms with E-state index in [1.54, 1.807) is 13.1 Å². The molecule has 18 heavy (non-hydrogen) atoms. The molecule has 0 saturated carbocycles. The Morgan fingerprint density at radius 3 is 2.83 bits per heavy atom. The van der Waals surface area contributed by atoms with Crippen molar-refractivity contribution in [2.75, 3.05) is 0 Å². The van der Waals surface area contributed by atoms with Crippen molar-refractivity contribution in [1.82, 2.24) is 10.3 Å². The Bertz CT molecular complexity index is 438. The Morgan fingerprint density at radius 1 is 1.56 bits per heavy atom. The molecular formula is C14H20N2O2. The lowest BCUT2D eigenvalue weighted by Gasteiger charge is -2.17. The summed E-state index contributed by atoms with van der Waals surface area (Å²) in [6.45, 7) is 4.13. The Morgan fingerprint density at radius 2 is 2.28 bits per heavy atom. The van der Waals surface area contributed by atoms with Crippen LogP contribution in [0.15, 0.2) is 6.20 Å². The van der Waals surface area contributed by atoms with Crippen molar-refractivity contribution >= 4 is 0 Å². The van der Waals surface area contributed by atoms with E-state index in [0.717, 1.165) is 6.42 Å². The molecule has 0 amide bonds. The van der Waals surface area contributed by atoms with Crippen molar-refractivity contribution in [3.05, 3.63) is 23.0 Å². The highest BCUT2D eigenvalue weighted by molar-refractivity contribution is 5.40. The minimum Gasteiger partial charge on any atom is -0.506 e. The van der Waals surface area contributed by atoms with Crippen molar-refractivity contribution in [2.45, 2.75) is 45.9 Å². The lowest BCUT2D eigenvalue weighted by atomic mass is 10.1. The number of terminal acetylenes is 1. The first kappa shape index (κ1) is 14.5. The molecule has 0 fully saturated rings. The van der Waals surface area contributed by atoms with Gasteiger partial charge in [-0.15, -0.1) is 12.3 Å². The monoisotopic (exact) mass is 248 g/mol. The molecule has 0 radical (unpaired) electrons. The molecule has 0 spiro atoms. The molecule has 1 rings (SSSR count). The number of pyridine rings is 1. The number of aromatic hydroxyl groups is 1. The molecule has 98 valence electrons. The topological polar surface area (TPSA) is 65.4 Å². The summed E-state index contributed by atoms with van der Waals surface area (Å²) in [6.07, 6.45) is 8.45. The van der Waals surface area contributed by atoms with Crippen molar-refractivity contribution in [2.24, 2.45) is 0 Å². The van der Waals surface area contributed by atoms with E-state index in [9.17, 15) is 10.2 Å². The predicted octanol–water partition coefficient (Wildman–Crippen LogP) is 1.48. The van der Waals surface area contributed by atoms with Crippen molar-refractivity contribution in [3.63, 3.8) is 0 Å². The molecule has 3 N–H and O–H groups in total. The summed E-state index contributed by atoms with van der Waals surface area (Å²) in [4.78, 5) is 4.02. The van der Waals surface area contributed by atoms with Gasteiger partial charge >= 0.3 is 0 Å². The molecule has 0 aliphatic heterocycles. The Labute approximate surface area is 108 Å². The minimum absolute atomic E-state index is 0.135. The molecule has 1 heterocycles. The molecule has 1 aromatic heterocycles. The van der Waals surface area contributed by atoms with E-state index in [-0.39, 0.29) is 18.4 Å². The quantitative estimate of drug-likeness (QED) is 0.667. The lowest BCUT2D eigenvalue weighted by Crippen LogP contribution is -2.28. The predicted molar refractivity (Wildman–Crippen MR) is 70.9 cm³/mol. The van der Waals surface area contributed by atoms with E-state index < -0.39 is 0 Å². The van der Waals surface area contributed by atoms with Crippen LogP contribution in [0.1, 0.15) is 36.6 Å². The lowest BCUT2D eigenvalue weighted by molar-refractivity contribution is 0.278. The molecule has 0 bridgehead atoms. The molecule has 4 heteroatoms. The van der Waals surface area contributed by atoms with Crippen LogP contribution >= 0.6 is 0 Å². The van der Waals surface area contributed by atoms with Crippen molar-refractivity contribution < 1.29 is 10.2 Å². The maximum absolute atomic E-state index is 9.97. The van der Waals surface area contributed by atoms with E-state index >= 15 is 0 Å². The van der Waals surface area contributed by atoms with Gasteiger partial charge in [0.1, 0.15) is 5.75 Å². The van der Waals surface area contributed by atoms with Gasteiger partial charge in [0.15, 0.2) is 0 Å². The second-order valence-corrected chi connectivity index (χ2v) is 4.25. The fourth-order valence-corrected chi connectivity index (χ4v) is 1.77. The zero-order valence-electron chi connectivity index (χ0n) is 10.9. The van der Waals surface area contributed by atoms with Gasteiger partial charge in [-0.3, -0.25) is 4.98 Å². The molecule has 0 aliphatic rings. The number of aliphatic hydroxyl groups is 1. The van der Waals surface area contributed by atoms with E-state index in [1.807, 2.05) is 0 Å². The minimum atomic E-state index is -0.135. The van der Waals surface area contributed by atoms with Crippen LogP contribution in [0.2, 0.25) is 0 Å². The van der Waals surface area contributed by atoms with Gasteiger partial charge in [-0.25, -0.2) is 0 Å². The van der Waals surface area contributed by atoms with Crippen LogP contribution in [0, 0.1) is 19.3 Å². The molecule has 1 atom stereocenters. The molecule has 4 nitrogen and oxygen atoms in total. The molecule has 0 aliphatic carbocycles. The van der Waals surface area contributed by atoms with Crippen LogP contribution < -0.4 is 5.32 Å². The molecule has 1 unspecified atom stereocenters. The van der Waals surface area contributed by atoms with E-state index in [2.05, 4.69) is 23.1 Å². The second kappa shape index (κ2) is 7.00. The SMILES string of the molecule is C#CCC(CC)NCc1c(CO)cnc(C)c1O. The average Bonchev–Trinajstić information content (AvgIpc) is 2.38. The third kappa shape index (κ3) is 3.46. The Kier molecular flexibility index (Phi) is 5.63. The molecule has 0 aromatic carbocycles. The first-order valence-corrected chi connectivity index (χ1v) is 6.08. The van der Waals surface area contributed by atoms with E-state index in [4.69, 9.17) is 6.42 Å². The summed E-state index contributed by atoms with van der Waals surface area (Å²) in [5, 5.41) is 22.5. The number of aliphatic hydroxyl groups excluding tert-OH is 1. The van der Waals surface area contributed by atoms with Gasteiger partial charge in [0.25, 0.3) is 0 Å². The third-order valence-electron chi connectivity index (χ3n) is 3.03. The Balaban J connectivity index is 2.83. The van der Waals surface area contributed by atoms with Gasteiger partial charge in [-0.2, -0.15) is 0 Å². The smallest absolute Gasteiger partial charge is 0.141 e. The van der Waals surface area contributed by atoms with Gasteiger partial charge in [0, 0.05) is 36.3 Å². The summed E-state index contributed by atoms with van der Waals surface area (Å²) in [5.74, 6) is 2.77. The normalized spacial score (nSPS) is 12.1. The number of nitrogens with one attached hydrogen (secondary N) is 1.